The molecule has 162 valence electrons. The van der Waals surface area contributed by atoms with Crippen LogP contribution in [0.4, 0.5) is 5.13 Å². The van der Waals surface area contributed by atoms with Crippen molar-refractivity contribution in [2.75, 3.05) is 18.1 Å². The number of aryl methyl sites for hydroxylation is 1. The zero-order valence-corrected chi connectivity index (χ0v) is 18.7. The van der Waals surface area contributed by atoms with Crippen molar-refractivity contribution in [3.63, 3.8) is 0 Å². The monoisotopic (exact) mass is 444 g/mol. The Bertz CT molecular complexity index is 1220. The predicted molar refractivity (Wildman–Crippen MR) is 128 cm³/mol. The molecule has 0 bridgehead atoms. The number of rotatable bonds is 6. The molecule has 5 nitrogen and oxygen atoms in total. The van der Waals surface area contributed by atoms with Gasteiger partial charge in [-0.05, 0) is 73.9 Å². The average molecular weight is 445 g/mol. The highest BCUT2D eigenvalue weighted by Gasteiger charge is 2.27. The van der Waals surface area contributed by atoms with Gasteiger partial charge in [0.05, 0.1) is 22.9 Å². The van der Waals surface area contributed by atoms with Crippen molar-refractivity contribution in [1.29, 1.82) is 0 Å². The minimum absolute atomic E-state index is 0.0355. The van der Waals surface area contributed by atoms with E-state index in [1.54, 1.807) is 28.4 Å². The summed E-state index contributed by atoms with van der Waals surface area (Å²) in [6.07, 6.45) is 2.02. The SMILES string of the molecule is Cc1ccc2nc(N(CC3CCCO3)C(=O)c3ccc(Oc4ccccc4)cc3)sc2c1. The van der Waals surface area contributed by atoms with Gasteiger partial charge in [-0.2, -0.15) is 0 Å². The summed E-state index contributed by atoms with van der Waals surface area (Å²) in [7, 11) is 0. The van der Waals surface area contributed by atoms with Crippen molar-refractivity contribution in [2.45, 2.75) is 25.9 Å². The molecule has 1 fully saturated rings. The third-order valence-electron chi connectivity index (χ3n) is 5.50. The van der Waals surface area contributed by atoms with E-state index in [9.17, 15) is 4.79 Å². The number of para-hydroxylation sites is 1. The van der Waals surface area contributed by atoms with Crippen LogP contribution in [0.5, 0.6) is 11.5 Å². The zero-order valence-electron chi connectivity index (χ0n) is 17.9. The van der Waals surface area contributed by atoms with Crippen LogP contribution in [0.15, 0.2) is 72.8 Å². The number of nitrogens with zero attached hydrogens (tertiary/aromatic N) is 2. The first-order valence-electron chi connectivity index (χ1n) is 10.8. The third kappa shape index (κ3) is 4.52. The van der Waals surface area contributed by atoms with E-state index in [0.29, 0.717) is 23.0 Å². The molecule has 2 heterocycles. The van der Waals surface area contributed by atoms with Crippen molar-refractivity contribution in [1.82, 2.24) is 4.98 Å². The lowest BCUT2D eigenvalue weighted by molar-refractivity contribution is 0.0917. The van der Waals surface area contributed by atoms with Gasteiger partial charge in [0, 0.05) is 12.2 Å². The highest BCUT2D eigenvalue weighted by molar-refractivity contribution is 7.22. The molecular formula is C26H24N2O3S. The number of ether oxygens (including phenoxy) is 2. The second kappa shape index (κ2) is 9.10. The molecule has 1 aliphatic rings. The molecule has 0 spiro atoms. The van der Waals surface area contributed by atoms with Crippen LogP contribution >= 0.6 is 11.3 Å². The smallest absolute Gasteiger partial charge is 0.260 e. The number of benzene rings is 3. The Morgan fingerprint density at radius 3 is 2.62 bits per heavy atom. The molecule has 1 unspecified atom stereocenters. The Hall–Kier alpha value is -3.22. The molecule has 3 aromatic carbocycles. The van der Waals surface area contributed by atoms with E-state index in [0.717, 1.165) is 35.4 Å². The summed E-state index contributed by atoms with van der Waals surface area (Å²) in [5, 5.41) is 0.704. The third-order valence-corrected chi connectivity index (χ3v) is 6.54. The van der Waals surface area contributed by atoms with Crippen molar-refractivity contribution in [3.05, 3.63) is 83.9 Å². The number of hydrogen-bond acceptors (Lipinski definition) is 5. The lowest BCUT2D eigenvalue weighted by atomic mass is 10.1. The van der Waals surface area contributed by atoms with Crippen molar-refractivity contribution >= 4 is 32.6 Å². The minimum atomic E-state index is -0.0810. The number of anilines is 1. The maximum absolute atomic E-state index is 13.5. The summed E-state index contributed by atoms with van der Waals surface area (Å²) >= 11 is 1.54. The number of carbonyl (C=O) groups excluding carboxylic acids is 1. The van der Waals surface area contributed by atoms with E-state index in [1.165, 1.54) is 5.56 Å². The van der Waals surface area contributed by atoms with Gasteiger partial charge in [-0.3, -0.25) is 9.69 Å². The molecule has 1 aromatic heterocycles. The Morgan fingerprint density at radius 1 is 1.09 bits per heavy atom. The fourth-order valence-corrected chi connectivity index (χ4v) is 4.89. The Kier molecular flexibility index (Phi) is 5.88. The van der Waals surface area contributed by atoms with Gasteiger partial charge >= 0.3 is 0 Å². The minimum Gasteiger partial charge on any atom is -0.457 e. The number of fused-ring (bicyclic) bond motifs is 1. The number of aromatic nitrogens is 1. The fourth-order valence-electron chi connectivity index (χ4n) is 3.82. The van der Waals surface area contributed by atoms with Crippen LogP contribution in [0, 0.1) is 6.92 Å². The van der Waals surface area contributed by atoms with Gasteiger partial charge < -0.3 is 9.47 Å². The molecule has 1 atom stereocenters. The highest BCUT2D eigenvalue weighted by Crippen LogP contribution is 2.32. The maximum atomic E-state index is 13.5. The van der Waals surface area contributed by atoms with Gasteiger partial charge in [-0.1, -0.05) is 35.6 Å². The van der Waals surface area contributed by atoms with E-state index in [-0.39, 0.29) is 12.0 Å². The largest absolute Gasteiger partial charge is 0.457 e. The van der Waals surface area contributed by atoms with E-state index in [2.05, 4.69) is 13.0 Å². The lowest BCUT2D eigenvalue weighted by Gasteiger charge is -2.23. The molecule has 0 saturated carbocycles. The van der Waals surface area contributed by atoms with Gasteiger partial charge in [0.2, 0.25) is 0 Å². The molecular weight excluding hydrogens is 420 g/mol. The Balaban J connectivity index is 1.41. The van der Waals surface area contributed by atoms with E-state index >= 15 is 0 Å². The average Bonchev–Trinajstić information content (AvgIpc) is 3.47. The van der Waals surface area contributed by atoms with Crippen LogP contribution in [0.2, 0.25) is 0 Å². The molecule has 0 radical (unpaired) electrons. The van der Waals surface area contributed by atoms with Crippen LogP contribution in [0.25, 0.3) is 10.2 Å². The quantitative estimate of drug-likeness (QED) is 0.354. The van der Waals surface area contributed by atoms with Crippen LogP contribution in [0.3, 0.4) is 0 Å². The molecule has 1 saturated heterocycles. The fraction of sp³-hybridized carbons (Fsp3) is 0.231. The molecule has 0 aliphatic carbocycles. The van der Waals surface area contributed by atoms with Gasteiger partial charge in [0.1, 0.15) is 11.5 Å². The summed E-state index contributed by atoms with van der Waals surface area (Å²) in [5.41, 5.74) is 2.69. The highest BCUT2D eigenvalue weighted by atomic mass is 32.1. The summed E-state index contributed by atoms with van der Waals surface area (Å²) < 4.78 is 12.8. The van der Waals surface area contributed by atoms with Gasteiger partial charge in [-0.15, -0.1) is 0 Å². The first-order chi connectivity index (χ1) is 15.7. The van der Waals surface area contributed by atoms with Crippen molar-refractivity contribution < 1.29 is 14.3 Å². The maximum Gasteiger partial charge on any atom is 0.260 e. The summed E-state index contributed by atoms with van der Waals surface area (Å²) in [6.45, 7) is 3.31. The van der Waals surface area contributed by atoms with Crippen LogP contribution in [-0.4, -0.2) is 30.1 Å². The van der Waals surface area contributed by atoms with Crippen molar-refractivity contribution in [2.24, 2.45) is 0 Å². The topological polar surface area (TPSA) is 51.7 Å². The number of carbonyl (C=O) groups is 1. The Labute approximate surface area is 191 Å². The van der Waals surface area contributed by atoms with E-state index in [4.69, 9.17) is 14.5 Å². The lowest BCUT2D eigenvalue weighted by Crippen LogP contribution is -2.37. The molecule has 6 heteroatoms. The molecule has 1 aliphatic heterocycles. The van der Waals surface area contributed by atoms with Crippen LogP contribution in [0.1, 0.15) is 28.8 Å². The first kappa shape index (κ1) is 20.7. The summed E-state index contributed by atoms with van der Waals surface area (Å²) in [5.74, 6) is 1.37. The van der Waals surface area contributed by atoms with Crippen molar-refractivity contribution in [3.8, 4) is 11.5 Å². The Morgan fingerprint density at radius 2 is 1.88 bits per heavy atom. The molecule has 1 amide bonds. The van der Waals surface area contributed by atoms with E-state index in [1.807, 2.05) is 54.6 Å². The zero-order chi connectivity index (χ0) is 21.9. The van der Waals surface area contributed by atoms with Gasteiger partial charge in [-0.25, -0.2) is 4.98 Å². The second-order valence-corrected chi connectivity index (χ2v) is 8.97. The molecule has 0 N–H and O–H groups in total. The number of thiazole rings is 1. The van der Waals surface area contributed by atoms with E-state index < -0.39 is 0 Å². The molecule has 32 heavy (non-hydrogen) atoms. The number of hydrogen-bond donors (Lipinski definition) is 0. The van der Waals surface area contributed by atoms with Gasteiger partial charge in [0.25, 0.3) is 5.91 Å². The predicted octanol–water partition coefficient (Wildman–Crippen LogP) is 6.22. The first-order valence-corrected chi connectivity index (χ1v) is 11.6. The summed E-state index contributed by atoms with van der Waals surface area (Å²) in [4.78, 5) is 20.1. The normalized spacial score (nSPS) is 15.7. The van der Waals surface area contributed by atoms with Gasteiger partial charge in [0.15, 0.2) is 5.13 Å². The summed E-state index contributed by atoms with van der Waals surface area (Å²) in [6, 6.07) is 23.0. The number of amides is 1. The second-order valence-electron chi connectivity index (χ2n) is 7.96. The van der Waals surface area contributed by atoms with Crippen LogP contribution < -0.4 is 9.64 Å². The molecule has 5 rings (SSSR count). The standard InChI is InChI=1S/C26H24N2O3S/c1-18-9-14-23-24(16-18)32-26(27-23)28(17-22-8-5-15-30-22)25(29)19-10-12-21(13-11-19)31-20-6-3-2-4-7-20/h2-4,6-7,9-14,16,22H,5,8,15,17H2,1H3. The van der Waals surface area contributed by atoms with Crippen LogP contribution in [-0.2, 0) is 4.74 Å². The molecule has 4 aromatic rings.